The maximum Gasteiger partial charge on any atom is 0.227 e. The van der Waals surface area contributed by atoms with Crippen LogP contribution < -0.4 is 5.32 Å². The number of benzene rings is 1. The largest absolute Gasteiger partial charge is 0.347 e. The summed E-state index contributed by atoms with van der Waals surface area (Å²) in [5.74, 6) is 0.756. The van der Waals surface area contributed by atoms with Crippen molar-refractivity contribution in [1.82, 2.24) is 25.4 Å². The molecule has 0 aliphatic heterocycles. The molecule has 0 saturated heterocycles. The molecule has 0 spiro atoms. The summed E-state index contributed by atoms with van der Waals surface area (Å²) in [7, 11) is 0. The number of para-hydroxylation sites is 1. The molecule has 3 heterocycles. The van der Waals surface area contributed by atoms with Crippen LogP contribution in [0.4, 0.5) is 0 Å². The molecule has 1 atom stereocenters. The Labute approximate surface area is 159 Å². The number of amides is 1. The van der Waals surface area contributed by atoms with Gasteiger partial charge in [0.2, 0.25) is 17.6 Å². The van der Waals surface area contributed by atoms with Crippen LogP contribution in [0, 0.1) is 0 Å². The number of thiazole rings is 1. The van der Waals surface area contributed by atoms with Crippen molar-refractivity contribution in [2.45, 2.75) is 25.8 Å². The van der Waals surface area contributed by atoms with Gasteiger partial charge in [0.25, 0.3) is 0 Å². The van der Waals surface area contributed by atoms with E-state index in [-0.39, 0.29) is 18.4 Å². The smallest absolute Gasteiger partial charge is 0.227 e. The number of nitrogens with one attached hydrogen (secondary N) is 1. The van der Waals surface area contributed by atoms with Gasteiger partial charge in [0.15, 0.2) is 0 Å². The molecule has 1 amide bonds. The minimum Gasteiger partial charge on any atom is -0.347 e. The van der Waals surface area contributed by atoms with E-state index in [1.165, 1.54) is 0 Å². The third kappa shape index (κ3) is 4.01. The molecule has 0 bridgehead atoms. The minimum absolute atomic E-state index is 0.0839. The molecule has 3 aromatic heterocycles. The number of hydrogen-bond acceptors (Lipinski definition) is 7. The fourth-order valence-corrected chi connectivity index (χ4v) is 3.60. The van der Waals surface area contributed by atoms with Gasteiger partial charge in [-0.05, 0) is 31.2 Å². The van der Waals surface area contributed by atoms with Crippen LogP contribution in [-0.4, -0.2) is 26.0 Å². The normalized spacial score (nSPS) is 12.2. The Morgan fingerprint density at radius 1 is 1.19 bits per heavy atom. The molecule has 4 rings (SSSR count). The Balaban J connectivity index is 1.33. The second-order valence-corrected chi connectivity index (χ2v) is 7.10. The van der Waals surface area contributed by atoms with Gasteiger partial charge in [-0.25, -0.2) is 4.98 Å². The monoisotopic (exact) mass is 379 g/mol. The Bertz CT molecular complexity index is 1030. The zero-order valence-electron chi connectivity index (χ0n) is 14.6. The highest BCUT2D eigenvalue weighted by molar-refractivity contribution is 7.18. The molecule has 0 unspecified atom stereocenters. The van der Waals surface area contributed by atoms with Crippen molar-refractivity contribution >= 4 is 27.5 Å². The van der Waals surface area contributed by atoms with E-state index in [4.69, 9.17) is 4.52 Å². The lowest BCUT2D eigenvalue weighted by Crippen LogP contribution is -2.26. The van der Waals surface area contributed by atoms with E-state index in [9.17, 15) is 4.79 Å². The molecule has 1 aromatic carbocycles. The molecule has 0 fully saturated rings. The second-order valence-electron chi connectivity index (χ2n) is 6.04. The maximum absolute atomic E-state index is 12.3. The Kier molecular flexibility index (Phi) is 4.88. The molecule has 7 nitrogen and oxygen atoms in total. The second kappa shape index (κ2) is 7.63. The first-order chi connectivity index (χ1) is 13.2. The van der Waals surface area contributed by atoms with Crippen LogP contribution in [0.15, 0.2) is 53.2 Å². The maximum atomic E-state index is 12.3. The summed E-state index contributed by atoms with van der Waals surface area (Å²) < 4.78 is 6.32. The van der Waals surface area contributed by atoms with E-state index in [2.05, 4.69) is 25.4 Å². The summed E-state index contributed by atoms with van der Waals surface area (Å²) in [6, 6.07) is 13.3. The molecule has 1 N–H and O–H groups in total. The molecular weight excluding hydrogens is 362 g/mol. The number of aromatic nitrogens is 4. The summed E-state index contributed by atoms with van der Waals surface area (Å²) in [5.41, 5.74) is 1.59. The van der Waals surface area contributed by atoms with Crippen LogP contribution in [0.5, 0.6) is 0 Å². The van der Waals surface area contributed by atoms with Crippen LogP contribution in [0.3, 0.4) is 0 Å². The van der Waals surface area contributed by atoms with Crippen molar-refractivity contribution in [2.24, 2.45) is 0 Å². The van der Waals surface area contributed by atoms with E-state index in [1.807, 2.05) is 43.3 Å². The predicted octanol–water partition coefficient (Wildman–Crippen LogP) is 3.55. The highest BCUT2D eigenvalue weighted by Crippen LogP contribution is 2.26. The van der Waals surface area contributed by atoms with Crippen LogP contribution in [0.25, 0.3) is 21.7 Å². The van der Waals surface area contributed by atoms with Gasteiger partial charge in [0.1, 0.15) is 10.7 Å². The molecule has 136 valence electrons. The molecule has 0 aliphatic carbocycles. The van der Waals surface area contributed by atoms with E-state index in [0.29, 0.717) is 23.8 Å². The Morgan fingerprint density at radius 2 is 2.04 bits per heavy atom. The van der Waals surface area contributed by atoms with Gasteiger partial charge >= 0.3 is 0 Å². The summed E-state index contributed by atoms with van der Waals surface area (Å²) in [6.07, 6.45) is 2.31. The fraction of sp³-hybridized carbons (Fsp3) is 0.211. The number of carbonyl (C=O) groups is 1. The molecular formula is C19H17N5O2S. The third-order valence-corrected chi connectivity index (χ3v) is 5.21. The van der Waals surface area contributed by atoms with Crippen molar-refractivity contribution in [3.63, 3.8) is 0 Å². The van der Waals surface area contributed by atoms with E-state index >= 15 is 0 Å². The van der Waals surface area contributed by atoms with Gasteiger partial charge in [-0.2, -0.15) is 4.98 Å². The lowest BCUT2D eigenvalue weighted by molar-refractivity contribution is -0.121. The third-order valence-electron chi connectivity index (χ3n) is 3.99. The summed E-state index contributed by atoms with van der Waals surface area (Å²) in [6.45, 7) is 1.93. The number of hydrogen-bond donors (Lipinski definition) is 1. The van der Waals surface area contributed by atoms with Gasteiger partial charge in [-0.3, -0.25) is 9.78 Å². The molecule has 27 heavy (non-hydrogen) atoms. The van der Waals surface area contributed by atoms with E-state index in [1.54, 1.807) is 23.6 Å². The lowest BCUT2D eigenvalue weighted by atomic mass is 10.2. The van der Waals surface area contributed by atoms with E-state index < -0.39 is 0 Å². The summed E-state index contributed by atoms with van der Waals surface area (Å²) >= 11 is 1.59. The predicted molar refractivity (Wildman–Crippen MR) is 102 cm³/mol. The molecule has 0 saturated carbocycles. The average Bonchev–Trinajstić information content (AvgIpc) is 3.34. The first kappa shape index (κ1) is 17.3. The van der Waals surface area contributed by atoms with Crippen LogP contribution in [0.2, 0.25) is 0 Å². The first-order valence-electron chi connectivity index (χ1n) is 8.58. The standard InChI is InChI=1S/C19H17N5O2S/c1-12(19-22-13-6-2-3-8-15(13)27-19)21-16(25)9-10-17-23-18(24-26-17)14-7-4-5-11-20-14/h2-8,11-12H,9-10H2,1H3,(H,21,25)/t12-/m0/s1. The zero-order chi connectivity index (χ0) is 18.6. The zero-order valence-corrected chi connectivity index (χ0v) is 15.4. The van der Waals surface area contributed by atoms with Crippen molar-refractivity contribution in [2.75, 3.05) is 0 Å². The van der Waals surface area contributed by atoms with E-state index in [0.717, 1.165) is 15.2 Å². The Morgan fingerprint density at radius 3 is 2.85 bits per heavy atom. The SMILES string of the molecule is C[C@H](NC(=O)CCc1nc(-c2ccccn2)no1)c1nc2ccccc2s1. The molecule has 0 radical (unpaired) electrons. The number of fused-ring (bicyclic) bond motifs is 1. The number of pyridine rings is 1. The van der Waals surface area contributed by atoms with Gasteiger partial charge in [0, 0.05) is 19.0 Å². The highest BCUT2D eigenvalue weighted by atomic mass is 32.1. The van der Waals surface area contributed by atoms with Crippen molar-refractivity contribution in [3.05, 3.63) is 59.6 Å². The lowest BCUT2D eigenvalue weighted by Gasteiger charge is -2.10. The summed E-state index contributed by atoms with van der Waals surface area (Å²) in [5, 5.41) is 7.77. The van der Waals surface area contributed by atoms with Gasteiger partial charge < -0.3 is 9.84 Å². The van der Waals surface area contributed by atoms with Gasteiger partial charge in [-0.15, -0.1) is 11.3 Å². The topological polar surface area (TPSA) is 93.8 Å². The van der Waals surface area contributed by atoms with Crippen molar-refractivity contribution in [1.29, 1.82) is 0 Å². The molecule has 0 aliphatic rings. The minimum atomic E-state index is -0.151. The first-order valence-corrected chi connectivity index (χ1v) is 9.39. The Hall–Kier alpha value is -3.13. The van der Waals surface area contributed by atoms with Gasteiger partial charge in [-0.1, -0.05) is 23.4 Å². The highest BCUT2D eigenvalue weighted by Gasteiger charge is 2.16. The quantitative estimate of drug-likeness (QED) is 0.551. The average molecular weight is 379 g/mol. The fourth-order valence-electron chi connectivity index (χ4n) is 2.63. The van der Waals surface area contributed by atoms with Crippen LogP contribution in [0.1, 0.15) is 30.3 Å². The summed E-state index contributed by atoms with van der Waals surface area (Å²) in [4.78, 5) is 25.3. The van der Waals surface area contributed by atoms with Crippen molar-refractivity contribution < 1.29 is 9.32 Å². The molecule has 4 aromatic rings. The van der Waals surface area contributed by atoms with Crippen LogP contribution >= 0.6 is 11.3 Å². The molecule has 8 heteroatoms. The van der Waals surface area contributed by atoms with Gasteiger partial charge in [0.05, 0.1) is 16.3 Å². The number of carbonyl (C=O) groups excluding carboxylic acids is 1. The number of aryl methyl sites for hydroxylation is 1. The van der Waals surface area contributed by atoms with Crippen molar-refractivity contribution in [3.8, 4) is 11.5 Å². The number of rotatable bonds is 6. The van der Waals surface area contributed by atoms with Crippen LogP contribution in [-0.2, 0) is 11.2 Å². The number of nitrogens with zero attached hydrogens (tertiary/aromatic N) is 4.